The van der Waals surface area contributed by atoms with E-state index in [1.54, 1.807) is 12.3 Å². The third-order valence-corrected chi connectivity index (χ3v) is 6.39. The molecule has 0 aliphatic carbocycles. The molecule has 0 bridgehead atoms. The van der Waals surface area contributed by atoms with Gasteiger partial charge < -0.3 is 9.26 Å². The number of aryl methyl sites for hydroxylation is 1. The van der Waals surface area contributed by atoms with Gasteiger partial charge in [0.1, 0.15) is 12.4 Å². The zero-order chi connectivity index (χ0) is 18.9. The van der Waals surface area contributed by atoms with E-state index in [2.05, 4.69) is 4.99 Å². The van der Waals surface area contributed by atoms with Crippen molar-refractivity contribution in [2.24, 2.45) is 4.99 Å². The average molecular weight is 383 g/mol. The Hall–Kier alpha value is -2.81. The van der Waals surface area contributed by atoms with E-state index >= 15 is 0 Å². The van der Waals surface area contributed by atoms with E-state index in [1.807, 2.05) is 49.4 Å². The van der Waals surface area contributed by atoms with Gasteiger partial charge in [0, 0.05) is 5.56 Å². The fourth-order valence-electron chi connectivity index (χ4n) is 3.24. The van der Waals surface area contributed by atoms with Gasteiger partial charge >= 0.3 is 13.8 Å². The molecule has 2 heterocycles. The zero-order valence-corrected chi connectivity index (χ0v) is 15.6. The Morgan fingerprint density at radius 2 is 2.11 bits per heavy atom. The highest BCUT2D eigenvalue weighted by Crippen LogP contribution is 2.58. The maximum atomic E-state index is 13.6. The van der Waals surface area contributed by atoms with Gasteiger partial charge in [0.05, 0.1) is 12.6 Å². The Bertz CT molecular complexity index is 971. The van der Waals surface area contributed by atoms with E-state index < -0.39 is 7.75 Å². The first-order chi connectivity index (χ1) is 13.1. The number of aliphatic imine (C=N–C) groups is 1. The minimum atomic E-state index is -3.76. The van der Waals surface area contributed by atoms with Crippen molar-refractivity contribution in [2.45, 2.75) is 26.0 Å². The van der Waals surface area contributed by atoms with Gasteiger partial charge in [0.15, 0.2) is 0 Å². The molecule has 2 aromatic carbocycles. The van der Waals surface area contributed by atoms with E-state index in [4.69, 9.17) is 19.0 Å². The first kappa shape index (κ1) is 17.6. The summed E-state index contributed by atoms with van der Waals surface area (Å²) in [7, 11) is -3.76. The first-order valence-corrected chi connectivity index (χ1v) is 10.1. The third kappa shape index (κ3) is 3.42. The van der Waals surface area contributed by atoms with E-state index in [9.17, 15) is 4.57 Å². The molecule has 0 N–H and O–H groups in total. The maximum absolute atomic E-state index is 13.6. The molecule has 0 amide bonds. The predicted octanol–water partition coefficient (Wildman–Crippen LogP) is 3.79. The van der Waals surface area contributed by atoms with E-state index in [0.29, 0.717) is 12.2 Å². The van der Waals surface area contributed by atoms with Crippen LogP contribution >= 0.6 is 7.75 Å². The minimum Gasteiger partial charge on any atom is -0.462 e. The third-order valence-electron chi connectivity index (χ3n) is 4.48. The van der Waals surface area contributed by atoms with Crippen molar-refractivity contribution in [3.8, 4) is 11.9 Å². The van der Waals surface area contributed by atoms with Crippen LogP contribution in [0.1, 0.15) is 16.7 Å². The van der Waals surface area contributed by atoms with Gasteiger partial charge in [-0.25, -0.2) is 9.24 Å². The maximum Gasteiger partial charge on any atom is 0.493 e. The molecule has 2 aliphatic heterocycles. The topological polar surface area (TPSA) is 84.2 Å². The van der Waals surface area contributed by atoms with Gasteiger partial charge in [-0.05, 0) is 25.0 Å². The highest BCUT2D eigenvalue weighted by molar-refractivity contribution is 7.52. The van der Waals surface area contributed by atoms with Crippen LogP contribution in [-0.4, -0.2) is 23.3 Å². The molecule has 0 radical (unpaired) electrons. The largest absolute Gasteiger partial charge is 0.493 e. The lowest BCUT2D eigenvalue weighted by atomic mass is 10.1. The lowest BCUT2D eigenvalue weighted by molar-refractivity contribution is 0.194. The number of nitriles is 1. The molecule has 1 fully saturated rings. The number of fused-ring (bicyclic) bond motifs is 1. The Morgan fingerprint density at radius 1 is 1.30 bits per heavy atom. The minimum absolute atomic E-state index is 0.0303. The summed E-state index contributed by atoms with van der Waals surface area (Å²) in [6.07, 6.45) is 2.25. The summed E-state index contributed by atoms with van der Waals surface area (Å²) in [6, 6.07) is 15.0. The van der Waals surface area contributed by atoms with Crippen LogP contribution in [-0.2, 0) is 26.9 Å². The SMILES string of the molecule is Cc1ccc2c(c1)CO[P@](=O)(N1C(=NC#N)OC[C@H]1Cc1ccccc1)O2. The van der Waals surface area contributed by atoms with Gasteiger partial charge in [-0.1, -0.05) is 48.0 Å². The molecule has 0 unspecified atom stereocenters. The van der Waals surface area contributed by atoms with Crippen LogP contribution in [0.4, 0.5) is 0 Å². The van der Waals surface area contributed by atoms with Crippen LogP contribution in [0.25, 0.3) is 0 Å². The highest BCUT2D eigenvalue weighted by atomic mass is 31.2. The van der Waals surface area contributed by atoms with E-state index in [0.717, 1.165) is 16.7 Å². The second-order valence-electron chi connectivity index (χ2n) is 6.44. The lowest BCUT2D eigenvalue weighted by Gasteiger charge is -2.33. The van der Waals surface area contributed by atoms with Gasteiger partial charge in [0.25, 0.3) is 0 Å². The molecule has 0 spiro atoms. The van der Waals surface area contributed by atoms with Crippen LogP contribution in [0.5, 0.6) is 5.75 Å². The smallest absolute Gasteiger partial charge is 0.462 e. The van der Waals surface area contributed by atoms with Crippen LogP contribution < -0.4 is 4.52 Å². The monoisotopic (exact) mass is 383 g/mol. The molecule has 138 valence electrons. The number of ether oxygens (including phenoxy) is 1. The van der Waals surface area contributed by atoms with E-state index in [1.165, 1.54) is 4.67 Å². The van der Waals surface area contributed by atoms with Crippen molar-refractivity contribution < 1.29 is 18.3 Å². The molecule has 1 saturated heterocycles. The Labute approximate surface area is 157 Å². The predicted molar refractivity (Wildman–Crippen MR) is 99.0 cm³/mol. The van der Waals surface area contributed by atoms with Crippen molar-refractivity contribution in [3.63, 3.8) is 0 Å². The number of nitrogens with zero attached hydrogens (tertiary/aromatic N) is 3. The molecule has 2 aliphatic rings. The molecule has 0 aromatic heterocycles. The van der Waals surface area contributed by atoms with Crippen LogP contribution in [0.15, 0.2) is 53.5 Å². The molecular weight excluding hydrogens is 365 g/mol. The fraction of sp³-hybridized carbons (Fsp3) is 0.263. The van der Waals surface area contributed by atoms with Crippen molar-refractivity contribution in [2.75, 3.05) is 6.61 Å². The van der Waals surface area contributed by atoms with Crippen molar-refractivity contribution in [1.29, 1.82) is 5.26 Å². The van der Waals surface area contributed by atoms with E-state index in [-0.39, 0.29) is 25.3 Å². The second kappa shape index (κ2) is 7.07. The molecule has 2 atom stereocenters. The molecule has 8 heteroatoms. The summed E-state index contributed by atoms with van der Waals surface area (Å²) in [5, 5.41) is 8.98. The summed E-state index contributed by atoms with van der Waals surface area (Å²) in [6.45, 7) is 2.37. The molecule has 27 heavy (non-hydrogen) atoms. The van der Waals surface area contributed by atoms with Gasteiger partial charge in [-0.15, -0.1) is 4.99 Å². The number of rotatable bonds is 3. The standard InChI is InChI=1S/C19H18N3O4P/c1-14-7-8-18-16(9-14)11-25-27(23,26-18)22-17(12-24-19(22)21-13-20)10-15-5-3-2-4-6-15/h2-9,17H,10-12H2,1H3/t17-,27-/m1/s1. The number of amidine groups is 1. The number of hydrogen-bond donors (Lipinski definition) is 0. The highest BCUT2D eigenvalue weighted by Gasteiger charge is 2.49. The van der Waals surface area contributed by atoms with Gasteiger partial charge in [-0.3, -0.25) is 4.52 Å². The molecule has 2 aromatic rings. The van der Waals surface area contributed by atoms with Crippen molar-refractivity contribution in [3.05, 3.63) is 65.2 Å². The number of hydrogen-bond acceptors (Lipinski definition) is 6. The quantitative estimate of drug-likeness (QED) is 0.592. The molecular formula is C19H18N3O4P. The molecule has 0 saturated carbocycles. The first-order valence-electron chi connectivity index (χ1n) is 8.56. The summed E-state index contributed by atoms with van der Waals surface area (Å²) < 4.78 is 32.0. The lowest BCUT2D eigenvalue weighted by Crippen LogP contribution is -2.36. The van der Waals surface area contributed by atoms with Crippen molar-refractivity contribution in [1.82, 2.24) is 4.67 Å². The van der Waals surface area contributed by atoms with Crippen LogP contribution in [0, 0.1) is 18.4 Å². The fourth-order valence-corrected chi connectivity index (χ4v) is 5.10. The van der Waals surface area contributed by atoms with Gasteiger partial charge in [0.2, 0.25) is 6.19 Å². The Balaban J connectivity index is 1.67. The normalized spacial score (nSPS) is 25.4. The summed E-state index contributed by atoms with van der Waals surface area (Å²) in [4.78, 5) is 3.68. The summed E-state index contributed by atoms with van der Waals surface area (Å²) >= 11 is 0. The summed E-state index contributed by atoms with van der Waals surface area (Å²) in [5.41, 5.74) is 2.95. The van der Waals surface area contributed by atoms with Crippen LogP contribution in [0.3, 0.4) is 0 Å². The summed E-state index contributed by atoms with van der Waals surface area (Å²) in [5.74, 6) is 0.511. The average Bonchev–Trinajstić information content (AvgIpc) is 3.06. The van der Waals surface area contributed by atoms with Crippen molar-refractivity contribution >= 4 is 13.8 Å². The van der Waals surface area contributed by atoms with Crippen LogP contribution in [0.2, 0.25) is 0 Å². The Kier molecular flexibility index (Phi) is 4.61. The van der Waals surface area contributed by atoms with Gasteiger partial charge in [-0.2, -0.15) is 5.26 Å². The second-order valence-corrected chi connectivity index (χ2v) is 8.25. The zero-order valence-electron chi connectivity index (χ0n) is 14.7. The Morgan fingerprint density at radius 3 is 2.89 bits per heavy atom. The number of benzene rings is 2. The molecule has 7 nitrogen and oxygen atoms in total. The molecule has 4 rings (SSSR count).